The van der Waals surface area contributed by atoms with Gasteiger partial charge in [0, 0.05) is 11.1 Å². The standard InChI is InChI=1S/C18H18N2O/c1-2-13-21-18-16(14-9-5-3-6-10-14)19-20-17(18)15-11-7-4-8-12-15/h3-12H,2,13H2,1H3,(H,19,20). The summed E-state index contributed by atoms with van der Waals surface area (Å²) in [6.45, 7) is 2.78. The summed E-state index contributed by atoms with van der Waals surface area (Å²) in [6.07, 6.45) is 0.966. The lowest BCUT2D eigenvalue weighted by Crippen LogP contribution is -1.97. The van der Waals surface area contributed by atoms with E-state index in [0.29, 0.717) is 6.61 Å². The lowest BCUT2D eigenvalue weighted by atomic mass is 10.1. The quantitative estimate of drug-likeness (QED) is 0.744. The zero-order valence-electron chi connectivity index (χ0n) is 12.0. The van der Waals surface area contributed by atoms with Gasteiger partial charge >= 0.3 is 0 Å². The highest BCUT2D eigenvalue weighted by Gasteiger charge is 2.17. The van der Waals surface area contributed by atoms with Gasteiger partial charge in [-0.25, -0.2) is 0 Å². The van der Waals surface area contributed by atoms with Crippen molar-refractivity contribution < 1.29 is 4.74 Å². The number of nitrogens with zero attached hydrogens (tertiary/aromatic N) is 1. The van der Waals surface area contributed by atoms with E-state index in [1.54, 1.807) is 0 Å². The first-order valence-corrected chi connectivity index (χ1v) is 7.22. The predicted molar refractivity (Wildman–Crippen MR) is 85.2 cm³/mol. The van der Waals surface area contributed by atoms with Crippen molar-refractivity contribution in [3.8, 4) is 28.3 Å². The third kappa shape index (κ3) is 2.82. The number of hydrogen-bond donors (Lipinski definition) is 1. The average Bonchev–Trinajstić information content (AvgIpc) is 2.98. The molecule has 3 rings (SSSR count). The molecule has 0 amide bonds. The second kappa shape index (κ2) is 6.27. The highest BCUT2D eigenvalue weighted by Crippen LogP contribution is 2.36. The van der Waals surface area contributed by atoms with Crippen molar-refractivity contribution in [2.45, 2.75) is 13.3 Å². The van der Waals surface area contributed by atoms with Gasteiger partial charge < -0.3 is 4.74 Å². The van der Waals surface area contributed by atoms with Gasteiger partial charge in [-0.3, -0.25) is 5.10 Å². The molecule has 1 N–H and O–H groups in total. The number of aromatic nitrogens is 2. The number of rotatable bonds is 5. The Kier molecular flexibility index (Phi) is 4.01. The fraction of sp³-hybridized carbons (Fsp3) is 0.167. The molecule has 0 aliphatic carbocycles. The van der Waals surface area contributed by atoms with Crippen molar-refractivity contribution in [3.63, 3.8) is 0 Å². The third-order valence-corrected chi connectivity index (χ3v) is 3.28. The number of benzene rings is 2. The van der Waals surface area contributed by atoms with Crippen LogP contribution in [0.2, 0.25) is 0 Å². The summed E-state index contributed by atoms with van der Waals surface area (Å²) < 4.78 is 5.97. The molecule has 3 nitrogen and oxygen atoms in total. The minimum Gasteiger partial charge on any atom is -0.489 e. The van der Waals surface area contributed by atoms with Crippen LogP contribution in [0.1, 0.15) is 13.3 Å². The van der Waals surface area contributed by atoms with Crippen LogP contribution in [0.25, 0.3) is 22.5 Å². The zero-order chi connectivity index (χ0) is 14.5. The summed E-state index contributed by atoms with van der Waals surface area (Å²) in [6, 6.07) is 20.3. The van der Waals surface area contributed by atoms with Crippen LogP contribution in [0, 0.1) is 0 Å². The van der Waals surface area contributed by atoms with Gasteiger partial charge in [0.15, 0.2) is 5.75 Å². The van der Waals surface area contributed by atoms with Crippen LogP contribution in [-0.4, -0.2) is 16.8 Å². The molecule has 0 atom stereocenters. The molecule has 3 aromatic rings. The van der Waals surface area contributed by atoms with E-state index in [9.17, 15) is 0 Å². The first kappa shape index (κ1) is 13.4. The summed E-state index contributed by atoms with van der Waals surface area (Å²) in [4.78, 5) is 0. The Bertz CT molecular complexity index is 633. The molecular weight excluding hydrogens is 260 g/mol. The molecule has 3 heteroatoms. The lowest BCUT2D eigenvalue weighted by Gasteiger charge is -2.08. The first-order chi connectivity index (χ1) is 10.4. The first-order valence-electron chi connectivity index (χ1n) is 7.22. The molecule has 2 aromatic carbocycles. The lowest BCUT2D eigenvalue weighted by molar-refractivity contribution is 0.320. The molecule has 0 fully saturated rings. The number of ether oxygens (including phenoxy) is 1. The fourth-order valence-electron chi connectivity index (χ4n) is 2.27. The van der Waals surface area contributed by atoms with Crippen molar-refractivity contribution >= 4 is 0 Å². The SMILES string of the molecule is CCCOc1c(-c2ccccc2)n[nH]c1-c1ccccc1. The molecular formula is C18H18N2O. The van der Waals surface area contributed by atoms with Crippen LogP contribution < -0.4 is 4.74 Å². The van der Waals surface area contributed by atoms with Crippen molar-refractivity contribution in [2.24, 2.45) is 0 Å². The molecule has 0 unspecified atom stereocenters. The summed E-state index contributed by atoms with van der Waals surface area (Å²) >= 11 is 0. The fourth-order valence-corrected chi connectivity index (χ4v) is 2.27. The number of H-pyrrole nitrogens is 1. The van der Waals surface area contributed by atoms with E-state index in [4.69, 9.17) is 4.74 Å². The molecule has 0 aliphatic rings. The minimum atomic E-state index is 0.680. The summed E-state index contributed by atoms with van der Waals surface area (Å²) in [5.41, 5.74) is 3.94. The number of hydrogen-bond acceptors (Lipinski definition) is 2. The Morgan fingerprint density at radius 3 is 2.14 bits per heavy atom. The van der Waals surface area contributed by atoms with E-state index in [1.165, 1.54) is 0 Å². The molecule has 0 spiro atoms. The summed E-state index contributed by atoms with van der Waals surface area (Å²) in [7, 11) is 0. The molecule has 0 saturated carbocycles. The molecule has 106 valence electrons. The van der Waals surface area contributed by atoms with Crippen molar-refractivity contribution in [2.75, 3.05) is 6.61 Å². The molecule has 21 heavy (non-hydrogen) atoms. The maximum Gasteiger partial charge on any atom is 0.172 e. The molecule has 0 radical (unpaired) electrons. The third-order valence-electron chi connectivity index (χ3n) is 3.28. The topological polar surface area (TPSA) is 37.9 Å². The Hall–Kier alpha value is -2.55. The molecule has 0 aliphatic heterocycles. The Morgan fingerprint density at radius 2 is 1.52 bits per heavy atom. The van der Waals surface area contributed by atoms with Gasteiger partial charge in [0.05, 0.1) is 6.61 Å². The van der Waals surface area contributed by atoms with E-state index >= 15 is 0 Å². The Balaban J connectivity index is 2.07. The predicted octanol–water partition coefficient (Wildman–Crippen LogP) is 4.53. The van der Waals surface area contributed by atoms with Gasteiger partial charge in [-0.05, 0) is 6.42 Å². The maximum atomic E-state index is 5.97. The number of nitrogens with one attached hydrogen (secondary N) is 1. The second-order valence-electron chi connectivity index (χ2n) is 4.86. The normalized spacial score (nSPS) is 10.5. The van der Waals surface area contributed by atoms with Gasteiger partial charge in [-0.1, -0.05) is 67.6 Å². The smallest absolute Gasteiger partial charge is 0.172 e. The molecule has 1 aromatic heterocycles. The van der Waals surface area contributed by atoms with Crippen LogP contribution in [0.5, 0.6) is 5.75 Å². The van der Waals surface area contributed by atoms with Crippen molar-refractivity contribution in [1.82, 2.24) is 10.2 Å². The van der Waals surface area contributed by atoms with Gasteiger partial charge in [-0.2, -0.15) is 5.10 Å². The van der Waals surface area contributed by atoms with Crippen LogP contribution in [-0.2, 0) is 0 Å². The van der Waals surface area contributed by atoms with E-state index in [-0.39, 0.29) is 0 Å². The van der Waals surface area contributed by atoms with E-state index in [2.05, 4.69) is 29.3 Å². The van der Waals surface area contributed by atoms with Gasteiger partial charge in [0.1, 0.15) is 11.4 Å². The molecule has 1 heterocycles. The van der Waals surface area contributed by atoms with E-state index < -0.39 is 0 Å². The Labute approximate surface area is 124 Å². The highest BCUT2D eigenvalue weighted by molar-refractivity contribution is 5.77. The van der Waals surface area contributed by atoms with Crippen molar-refractivity contribution in [1.29, 1.82) is 0 Å². The van der Waals surface area contributed by atoms with Gasteiger partial charge in [0.25, 0.3) is 0 Å². The number of aromatic amines is 1. The van der Waals surface area contributed by atoms with Crippen LogP contribution >= 0.6 is 0 Å². The van der Waals surface area contributed by atoms with E-state index in [1.807, 2.05) is 48.5 Å². The summed E-state index contributed by atoms with van der Waals surface area (Å²) in [5, 5.41) is 7.59. The van der Waals surface area contributed by atoms with Gasteiger partial charge in [0.2, 0.25) is 0 Å². The average molecular weight is 278 g/mol. The zero-order valence-corrected chi connectivity index (χ0v) is 12.0. The van der Waals surface area contributed by atoms with Crippen LogP contribution in [0.3, 0.4) is 0 Å². The van der Waals surface area contributed by atoms with Gasteiger partial charge in [-0.15, -0.1) is 0 Å². The van der Waals surface area contributed by atoms with Crippen LogP contribution in [0.4, 0.5) is 0 Å². The molecule has 0 bridgehead atoms. The van der Waals surface area contributed by atoms with Crippen LogP contribution in [0.15, 0.2) is 60.7 Å². The molecule has 0 saturated heterocycles. The van der Waals surface area contributed by atoms with E-state index in [0.717, 1.165) is 34.7 Å². The monoisotopic (exact) mass is 278 g/mol. The highest BCUT2D eigenvalue weighted by atomic mass is 16.5. The maximum absolute atomic E-state index is 5.97. The largest absolute Gasteiger partial charge is 0.489 e. The second-order valence-corrected chi connectivity index (χ2v) is 4.86. The minimum absolute atomic E-state index is 0.680. The van der Waals surface area contributed by atoms with Crippen molar-refractivity contribution in [3.05, 3.63) is 60.7 Å². The summed E-state index contributed by atoms with van der Waals surface area (Å²) in [5.74, 6) is 0.828. The Morgan fingerprint density at radius 1 is 0.905 bits per heavy atom.